The van der Waals surface area contributed by atoms with Crippen LogP contribution in [0.5, 0.6) is 0 Å². The molecule has 0 radical (unpaired) electrons. The van der Waals surface area contributed by atoms with Crippen molar-refractivity contribution < 1.29 is 4.39 Å². The van der Waals surface area contributed by atoms with Gasteiger partial charge in [-0.15, -0.1) is 0 Å². The second-order valence-corrected chi connectivity index (χ2v) is 5.39. The topological polar surface area (TPSA) is 38.0 Å². The van der Waals surface area contributed by atoms with Crippen molar-refractivity contribution in [2.24, 2.45) is 5.84 Å². The fraction of sp³-hybridized carbons (Fsp3) is 0.200. The number of halogens is 3. The van der Waals surface area contributed by atoms with Gasteiger partial charge in [0, 0.05) is 15.6 Å². The predicted octanol–water partition coefficient (Wildman–Crippen LogP) is 4.19. The molecule has 1 atom stereocenters. The molecule has 0 saturated heterocycles. The van der Waals surface area contributed by atoms with Gasteiger partial charge in [-0.3, -0.25) is 11.3 Å². The van der Waals surface area contributed by atoms with E-state index in [4.69, 9.17) is 29.0 Å². The van der Waals surface area contributed by atoms with Gasteiger partial charge in [0.25, 0.3) is 0 Å². The molecule has 0 bridgehead atoms. The van der Waals surface area contributed by atoms with Crippen LogP contribution < -0.4 is 11.3 Å². The van der Waals surface area contributed by atoms with Crippen molar-refractivity contribution in [3.8, 4) is 0 Å². The molecule has 0 fully saturated rings. The summed E-state index contributed by atoms with van der Waals surface area (Å²) in [5, 5.41) is 1.05. The van der Waals surface area contributed by atoms with Gasteiger partial charge in [-0.05, 0) is 42.7 Å². The van der Waals surface area contributed by atoms with Crippen LogP contribution in [0.1, 0.15) is 22.7 Å². The summed E-state index contributed by atoms with van der Waals surface area (Å²) >= 11 is 12.2. The van der Waals surface area contributed by atoms with Gasteiger partial charge in [-0.25, -0.2) is 4.39 Å². The van der Waals surface area contributed by atoms with E-state index in [-0.39, 0.29) is 11.9 Å². The molecule has 0 aliphatic rings. The largest absolute Gasteiger partial charge is 0.271 e. The van der Waals surface area contributed by atoms with Crippen LogP contribution in [-0.2, 0) is 6.42 Å². The Morgan fingerprint density at radius 2 is 1.80 bits per heavy atom. The molecule has 106 valence electrons. The molecule has 2 rings (SSSR count). The third kappa shape index (κ3) is 3.13. The average Bonchev–Trinajstić information content (AvgIpc) is 2.42. The van der Waals surface area contributed by atoms with Crippen molar-refractivity contribution in [3.63, 3.8) is 0 Å². The fourth-order valence-corrected chi connectivity index (χ4v) is 2.61. The van der Waals surface area contributed by atoms with Crippen LogP contribution in [0.2, 0.25) is 10.0 Å². The maximum absolute atomic E-state index is 13.9. The Kier molecular flexibility index (Phi) is 5.00. The predicted molar refractivity (Wildman–Crippen MR) is 81.4 cm³/mol. The van der Waals surface area contributed by atoms with Crippen LogP contribution in [0.25, 0.3) is 0 Å². The molecular weight excluding hydrogens is 298 g/mol. The van der Waals surface area contributed by atoms with E-state index in [2.05, 4.69) is 5.43 Å². The van der Waals surface area contributed by atoms with Crippen LogP contribution in [0.3, 0.4) is 0 Å². The van der Waals surface area contributed by atoms with E-state index in [0.29, 0.717) is 22.0 Å². The van der Waals surface area contributed by atoms with E-state index >= 15 is 0 Å². The van der Waals surface area contributed by atoms with Gasteiger partial charge >= 0.3 is 0 Å². The molecule has 3 N–H and O–H groups in total. The van der Waals surface area contributed by atoms with Crippen LogP contribution >= 0.6 is 23.2 Å². The molecule has 2 nitrogen and oxygen atoms in total. The van der Waals surface area contributed by atoms with Crippen LogP contribution in [-0.4, -0.2) is 0 Å². The summed E-state index contributed by atoms with van der Waals surface area (Å²) in [5.74, 6) is 5.28. The zero-order chi connectivity index (χ0) is 14.7. The minimum absolute atomic E-state index is 0.261. The minimum atomic E-state index is -0.336. The molecule has 2 aromatic rings. The number of hydrazine groups is 1. The number of nitrogens with two attached hydrogens (primary N) is 1. The van der Waals surface area contributed by atoms with Crippen LogP contribution in [0.15, 0.2) is 36.4 Å². The molecule has 0 amide bonds. The molecule has 5 heteroatoms. The average molecular weight is 313 g/mol. The molecular formula is C15H15Cl2FN2. The molecule has 0 aliphatic carbocycles. The van der Waals surface area contributed by atoms with Crippen molar-refractivity contribution in [1.29, 1.82) is 0 Å². The Balaban J connectivity index is 2.37. The first-order valence-electron chi connectivity index (χ1n) is 6.18. The van der Waals surface area contributed by atoms with Crippen molar-refractivity contribution in [2.45, 2.75) is 19.4 Å². The molecule has 2 aromatic carbocycles. The number of nitrogens with one attached hydrogen (secondary N) is 1. The Bertz CT molecular complexity index is 597. The number of benzene rings is 2. The van der Waals surface area contributed by atoms with E-state index in [9.17, 15) is 4.39 Å². The molecule has 0 aromatic heterocycles. The third-order valence-corrected chi connectivity index (χ3v) is 4.12. The zero-order valence-corrected chi connectivity index (χ0v) is 12.5. The lowest BCUT2D eigenvalue weighted by Crippen LogP contribution is -2.30. The van der Waals surface area contributed by atoms with E-state index < -0.39 is 0 Å². The Morgan fingerprint density at radius 1 is 1.15 bits per heavy atom. The van der Waals surface area contributed by atoms with E-state index in [1.807, 2.05) is 25.1 Å². The number of hydrogen-bond acceptors (Lipinski definition) is 2. The van der Waals surface area contributed by atoms with Gasteiger partial charge in [0.15, 0.2) is 0 Å². The van der Waals surface area contributed by atoms with Crippen molar-refractivity contribution >= 4 is 23.2 Å². The highest BCUT2D eigenvalue weighted by molar-refractivity contribution is 6.31. The van der Waals surface area contributed by atoms with Crippen LogP contribution in [0, 0.1) is 12.7 Å². The lowest BCUT2D eigenvalue weighted by molar-refractivity contribution is 0.527. The normalized spacial score (nSPS) is 12.4. The maximum atomic E-state index is 13.9. The highest BCUT2D eigenvalue weighted by Crippen LogP contribution is 2.29. The maximum Gasteiger partial charge on any atom is 0.127 e. The Hall–Kier alpha value is -1.13. The van der Waals surface area contributed by atoms with Crippen LogP contribution in [0.4, 0.5) is 4.39 Å². The summed E-state index contributed by atoms with van der Waals surface area (Å²) in [4.78, 5) is 0. The van der Waals surface area contributed by atoms with Crippen molar-refractivity contribution in [2.75, 3.05) is 0 Å². The molecule has 0 saturated carbocycles. The lowest BCUT2D eigenvalue weighted by Gasteiger charge is -2.20. The van der Waals surface area contributed by atoms with E-state index in [1.54, 1.807) is 12.1 Å². The van der Waals surface area contributed by atoms with Gasteiger partial charge in [0.2, 0.25) is 0 Å². The SMILES string of the molecule is Cc1c(Cl)cccc1C(Cc1c(F)cccc1Cl)NN. The molecule has 0 aliphatic heterocycles. The van der Waals surface area contributed by atoms with E-state index in [1.165, 1.54) is 6.07 Å². The number of rotatable bonds is 4. The molecule has 20 heavy (non-hydrogen) atoms. The second-order valence-electron chi connectivity index (χ2n) is 4.58. The molecule has 1 unspecified atom stereocenters. The van der Waals surface area contributed by atoms with Gasteiger partial charge in [-0.1, -0.05) is 41.4 Å². The Morgan fingerprint density at radius 3 is 2.45 bits per heavy atom. The fourth-order valence-electron chi connectivity index (χ4n) is 2.19. The third-order valence-electron chi connectivity index (χ3n) is 3.36. The van der Waals surface area contributed by atoms with Gasteiger partial charge in [0.1, 0.15) is 5.82 Å². The summed E-state index contributed by atoms with van der Waals surface area (Å²) in [5.41, 5.74) is 5.00. The summed E-state index contributed by atoms with van der Waals surface area (Å²) < 4.78 is 13.9. The quantitative estimate of drug-likeness (QED) is 0.656. The van der Waals surface area contributed by atoms with Crippen molar-refractivity contribution in [3.05, 3.63) is 69.0 Å². The first-order valence-corrected chi connectivity index (χ1v) is 6.94. The summed E-state index contributed by atoms with van der Waals surface area (Å²) in [6, 6.07) is 9.94. The minimum Gasteiger partial charge on any atom is -0.271 e. The highest BCUT2D eigenvalue weighted by atomic mass is 35.5. The standard InChI is InChI=1S/C15H15Cl2FN2/c1-9-10(4-2-5-12(9)16)15(20-19)8-11-13(17)6-3-7-14(11)18/h2-7,15,20H,8,19H2,1H3. The first kappa shape index (κ1) is 15.3. The molecule has 0 spiro atoms. The zero-order valence-electron chi connectivity index (χ0n) is 11.0. The summed E-state index contributed by atoms with van der Waals surface area (Å²) in [7, 11) is 0. The number of hydrogen-bond donors (Lipinski definition) is 2. The summed E-state index contributed by atoms with van der Waals surface area (Å²) in [6.07, 6.45) is 0.350. The smallest absolute Gasteiger partial charge is 0.127 e. The van der Waals surface area contributed by atoms with Gasteiger partial charge < -0.3 is 0 Å². The van der Waals surface area contributed by atoms with Gasteiger partial charge in [0.05, 0.1) is 6.04 Å². The van der Waals surface area contributed by atoms with Gasteiger partial charge in [-0.2, -0.15) is 0 Å². The van der Waals surface area contributed by atoms with Crippen molar-refractivity contribution in [1.82, 2.24) is 5.43 Å². The Labute approximate surface area is 127 Å². The van der Waals surface area contributed by atoms with E-state index in [0.717, 1.165) is 11.1 Å². The second kappa shape index (κ2) is 6.55. The summed E-state index contributed by atoms with van der Waals surface area (Å²) in [6.45, 7) is 1.91. The monoisotopic (exact) mass is 312 g/mol. The first-order chi connectivity index (χ1) is 9.54. The highest BCUT2D eigenvalue weighted by Gasteiger charge is 2.18. The molecule has 0 heterocycles. The lowest BCUT2D eigenvalue weighted by atomic mass is 9.95.